The molecule has 5 unspecified atom stereocenters. The minimum absolute atomic E-state index is 0.179. The summed E-state index contributed by atoms with van der Waals surface area (Å²) in [6.07, 6.45) is 2.09. The molecule has 3 nitrogen and oxygen atoms in total. The third-order valence-electron chi connectivity index (χ3n) is 4.09. The van der Waals surface area contributed by atoms with Crippen molar-refractivity contribution >= 4 is 5.97 Å². The summed E-state index contributed by atoms with van der Waals surface area (Å²) in [6, 6.07) is -0.206. The van der Waals surface area contributed by atoms with E-state index in [2.05, 4.69) is 0 Å². The van der Waals surface area contributed by atoms with Crippen LogP contribution < -0.4 is 5.73 Å². The lowest BCUT2D eigenvalue weighted by Crippen LogP contribution is -2.39. The second-order valence-corrected chi connectivity index (χ2v) is 5.01. The molecule has 2 N–H and O–H groups in total. The largest absolute Gasteiger partial charge is 0.466 e. The smallest absolute Gasteiger partial charge is 0.310 e. The highest BCUT2D eigenvalue weighted by Gasteiger charge is 2.47. The highest BCUT2D eigenvalue weighted by Crippen LogP contribution is 2.45. The van der Waals surface area contributed by atoms with Crippen molar-refractivity contribution in [1.29, 1.82) is 0 Å². The average molecular weight is 229 g/mol. The first-order chi connectivity index (χ1) is 7.63. The number of fused-ring (bicyclic) bond motifs is 1. The Labute approximate surface area is 95.5 Å². The predicted octanol–water partition coefficient (Wildman–Crippen LogP) is 1.65. The zero-order valence-corrected chi connectivity index (χ0v) is 9.69. The van der Waals surface area contributed by atoms with Gasteiger partial charge in [0, 0.05) is 6.04 Å². The van der Waals surface area contributed by atoms with Crippen molar-refractivity contribution in [1.82, 2.24) is 0 Å². The average Bonchev–Trinajstić information content (AvgIpc) is 2.57. The van der Waals surface area contributed by atoms with E-state index in [4.69, 9.17) is 10.5 Å². The van der Waals surface area contributed by atoms with E-state index in [9.17, 15) is 9.18 Å². The molecule has 2 fully saturated rings. The third kappa shape index (κ3) is 2.08. The molecular weight excluding hydrogens is 209 g/mol. The van der Waals surface area contributed by atoms with Crippen LogP contribution in [0.25, 0.3) is 0 Å². The van der Waals surface area contributed by atoms with Gasteiger partial charge in [0.1, 0.15) is 6.17 Å². The zero-order valence-electron chi connectivity index (χ0n) is 9.69. The molecule has 0 aromatic rings. The summed E-state index contributed by atoms with van der Waals surface area (Å²) in [6.45, 7) is 2.19. The van der Waals surface area contributed by atoms with Crippen molar-refractivity contribution in [3.05, 3.63) is 0 Å². The number of carbonyl (C=O) groups excluding carboxylic acids is 1. The fourth-order valence-electron chi connectivity index (χ4n) is 3.26. The lowest BCUT2D eigenvalue weighted by atomic mass is 9.79. The molecule has 2 saturated carbocycles. The number of alkyl halides is 1. The zero-order chi connectivity index (χ0) is 11.7. The Morgan fingerprint density at radius 2 is 2.19 bits per heavy atom. The van der Waals surface area contributed by atoms with Gasteiger partial charge in [0.2, 0.25) is 0 Å². The van der Waals surface area contributed by atoms with E-state index >= 15 is 0 Å². The van der Waals surface area contributed by atoms with E-state index < -0.39 is 6.17 Å². The molecule has 92 valence electrons. The molecule has 0 saturated heterocycles. The van der Waals surface area contributed by atoms with Crippen LogP contribution in [0.4, 0.5) is 4.39 Å². The summed E-state index contributed by atoms with van der Waals surface area (Å²) in [5.41, 5.74) is 6.06. The van der Waals surface area contributed by atoms with Crippen LogP contribution in [-0.2, 0) is 9.53 Å². The van der Waals surface area contributed by atoms with Gasteiger partial charge in [0.15, 0.2) is 0 Å². The lowest BCUT2D eigenvalue weighted by Gasteiger charge is -2.29. The Bertz CT molecular complexity index is 272. The number of hydrogen-bond donors (Lipinski definition) is 1. The van der Waals surface area contributed by atoms with Crippen molar-refractivity contribution in [2.75, 3.05) is 6.61 Å². The van der Waals surface area contributed by atoms with Crippen LogP contribution in [0, 0.1) is 17.8 Å². The Hall–Kier alpha value is -0.640. The van der Waals surface area contributed by atoms with E-state index in [-0.39, 0.29) is 23.8 Å². The summed E-state index contributed by atoms with van der Waals surface area (Å²) in [4.78, 5) is 11.7. The maximum absolute atomic E-state index is 13.3. The number of esters is 1. The number of carbonyl (C=O) groups is 1. The minimum atomic E-state index is -0.728. The maximum atomic E-state index is 13.3. The molecule has 0 amide bonds. The quantitative estimate of drug-likeness (QED) is 0.732. The van der Waals surface area contributed by atoms with E-state index in [0.717, 1.165) is 12.8 Å². The van der Waals surface area contributed by atoms with Crippen LogP contribution in [0.1, 0.15) is 32.6 Å². The Balaban J connectivity index is 2.01. The fraction of sp³-hybridized carbons (Fsp3) is 0.917. The minimum Gasteiger partial charge on any atom is -0.466 e. The lowest BCUT2D eigenvalue weighted by molar-refractivity contribution is -0.148. The van der Waals surface area contributed by atoms with Crippen molar-refractivity contribution in [2.45, 2.75) is 44.8 Å². The van der Waals surface area contributed by atoms with Gasteiger partial charge in [-0.25, -0.2) is 4.39 Å². The van der Waals surface area contributed by atoms with Crippen LogP contribution in [0.5, 0.6) is 0 Å². The normalized spacial score (nSPS) is 42.8. The van der Waals surface area contributed by atoms with Gasteiger partial charge in [0.05, 0.1) is 12.5 Å². The highest BCUT2D eigenvalue weighted by molar-refractivity contribution is 5.73. The van der Waals surface area contributed by atoms with Crippen molar-refractivity contribution in [3.8, 4) is 0 Å². The molecule has 2 aliphatic rings. The van der Waals surface area contributed by atoms with Gasteiger partial charge in [-0.1, -0.05) is 0 Å². The molecule has 0 aliphatic heterocycles. The molecule has 0 spiro atoms. The SMILES string of the molecule is CCOC(=O)C1CC2CCC(F)CC2C1N. The molecule has 0 aromatic heterocycles. The summed E-state index contributed by atoms with van der Waals surface area (Å²) in [5.74, 6) is 0.203. The molecule has 2 rings (SSSR count). The second-order valence-electron chi connectivity index (χ2n) is 5.01. The van der Waals surface area contributed by atoms with Gasteiger partial charge >= 0.3 is 5.97 Å². The highest BCUT2D eigenvalue weighted by atomic mass is 19.1. The monoisotopic (exact) mass is 229 g/mol. The molecule has 0 heterocycles. The first-order valence-electron chi connectivity index (χ1n) is 6.19. The summed E-state index contributed by atoms with van der Waals surface area (Å²) in [5, 5.41) is 0. The standard InChI is InChI=1S/C12H20FNO2/c1-2-16-12(15)10-5-7-3-4-8(13)6-9(7)11(10)14/h7-11H,2-6,14H2,1H3. The Morgan fingerprint density at radius 1 is 1.44 bits per heavy atom. The van der Waals surface area contributed by atoms with E-state index in [1.54, 1.807) is 6.92 Å². The molecule has 5 atom stereocenters. The van der Waals surface area contributed by atoms with Gasteiger partial charge in [0.25, 0.3) is 0 Å². The Morgan fingerprint density at radius 3 is 2.88 bits per heavy atom. The van der Waals surface area contributed by atoms with E-state index in [1.165, 1.54) is 0 Å². The number of halogens is 1. The van der Waals surface area contributed by atoms with Crippen LogP contribution >= 0.6 is 0 Å². The number of hydrogen-bond acceptors (Lipinski definition) is 3. The van der Waals surface area contributed by atoms with Crippen molar-refractivity contribution < 1.29 is 13.9 Å². The fourth-order valence-corrected chi connectivity index (χ4v) is 3.26. The van der Waals surface area contributed by atoms with Crippen LogP contribution in [0.15, 0.2) is 0 Å². The number of ether oxygens (including phenoxy) is 1. The molecule has 0 radical (unpaired) electrons. The third-order valence-corrected chi connectivity index (χ3v) is 4.09. The van der Waals surface area contributed by atoms with E-state index in [0.29, 0.717) is 25.4 Å². The van der Waals surface area contributed by atoms with Crippen molar-refractivity contribution in [2.24, 2.45) is 23.5 Å². The van der Waals surface area contributed by atoms with E-state index in [1.807, 2.05) is 0 Å². The van der Waals surface area contributed by atoms with Gasteiger partial charge in [-0.05, 0) is 44.4 Å². The molecule has 0 bridgehead atoms. The van der Waals surface area contributed by atoms with Gasteiger partial charge in [-0.2, -0.15) is 0 Å². The van der Waals surface area contributed by atoms with Crippen LogP contribution in [0.2, 0.25) is 0 Å². The van der Waals surface area contributed by atoms with Gasteiger partial charge in [-0.15, -0.1) is 0 Å². The molecule has 16 heavy (non-hydrogen) atoms. The Kier molecular flexibility index (Phi) is 3.47. The predicted molar refractivity (Wildman–Crippen MR) is 58.4 cm³/mol. The van der Waals surface area contributed by atoms with Crippen LogP contribution in [-0.4, -0.2) is 24.8 Å². The summed E-state index contributed by atoms with van der Waals surface area (Å²) < 4.78 is 18.3. The molecule has 0 aromatic carbocycles. The van der Waals surface area contributed by atoms with Crippen LogP contribution in [0.3, 0.4) is 0 Å². The maximum Gasteiger partial charge on any atom is 0.310 e. The number of nitrogens with two attached hydrogens (primary N) is 1. The van der Waals surface area contributed by atoms with Gasteiger partial charge in [-0.3, -0.25) is 4.79 Å². The molecular formula is C12H20FNO2. The topological polar surface area (TPSA) is 52.3 Å². The summed E-state index contributed by atoms with van der Waals surface area (Å²) >= 11 is 0. The molecule has 2 aliphatic carbocycles. The first-order valence-corrected chi connectivity index (χ1v) is 6.19. The second kappa shape index (κ2) is 4.70. The molecule has 4 heteroatoms. The van der Waals surface area contributed by atoms with Crippen molar-refractivity contribution in [3.63, 3.8) is 0 Å². The summed E-state index contributed by atoms with van der Waals surface area (Å²) in [7, 11) is 0. The number of rotatable bonds is 2. The van der Waals surface area contributed by atoms with Gasteiger partial charge < -0.3 is 10.5 Å². The first kappa shape index (κ1) is 11.8.